The Morgan fingerprint density at radius 3 is 2.62 bits per heavy atom. The molecule has 0 radical (unpaired) electrons. The average Bonchev–Trinajstić information content (AvgIpc) is 2.50. The molecule has 0 amide bonds. The lowest BCUT2D eigenvalue weighted by atomic mass is 9.85. The van der Waals surface area contributed by atoms with Gasteiger partial charge in [-0.1, -0.05) is 19.9 Å². The summed E-state index contributed by atoms with van der Waals surface area (Å²) in [6.07, 6.45) is 3.92. The fourth-order valence-electron chi connectivity index (χ4n) is 3.14. The van der Waals surface area contributed by atoms with E-state index in [4.69, 9.17) is 4.74 Å². The summed E-state index contributed by atoms with van der Waals surface area (Å²) in [6, 6.07) is 4.45. The first-order valence-electron chi connectivity index (χ1n) is 7.84. The molecule has 1 aliphatic heterocycles. The van der Waals surface area contributed by atoms with Crippen molar-refractivity contribution in [3.05, 3.63) is 35.4 Å². The summed E-state index contributed by atoms with van der Waals surface area (Å²) in [5, 5.41) is 3.54. The number of hydrogen-bond donors (Lipinski definition) is 1. The van der Waals surface area contributed by atoms with Crippen molar-refractivity contribution in [1.29, 1.82) is 0 Å². The number of benzene rings is 1. The molecule has 0 saturated carbocycles. The Morgan fingerprint density at radius 1 is 1.29 bits per heavy atom. The maximum absolute atomic E-state index is 13.3. The highest BCUT2D eigenvalue weighted by atomic mass is 19.2. The third kappa shape index (κ3) is 3.80. The molecule has 1 fully saturated rings. The highest BCUT2D eigenvalue weighted by molar-refractivity contribution is 5.21. The number of halogens is 2. The summed E-state index contributed by atoms with van der Waals surface area (Å²) in [4.78, 5) is 0. The number of rotatable bonds is 5. The van der Waals surface area contributed by atoms with Gasteiger partial charge in [-0.15, -0.1) is 0 Å². The van der Waals surface area contributed by atoms with E-state index in [0.717, 1.165) is 37.9 Å². The molecule has 0 aliphatic carbocycles. The van der Waals surface area contributed by atoms with Crippen molar-refractivity contribution in [3.63, 3.8) is 0 Å². The molecule has 2 unspecified atom stereocenters. The molecule has 1 aromatic rings. The van der Waals surface area contributed by atoms with Gasteiger partial charge in [-0.3, -0.25) is 0 Å². The van der Waals surface area contributed by atoms with Crippen molar-refractivity contribution in [2.24, 2.45) is 0 Å². The van der Waals surface area contributed by atoms with E-state index >= 15 is 0 Å². The second-order valence-electron chi connectivity index (χ2n) is 5.99. The van der Waals surface area contributed by atoms with Crippen LogP contribution in [-0.2, 0) is 4.74 Å². The van der Waals surface area contributed by atoms with Crippen LogP contribution < -0.4 is 5.32 Å². The first-order chi connectivity index (χ1) is 9.99. The molecule has 2 atom stereocenters. The largest absolute Gasteiger partial charge is 0.375 e. The van der Waals surface area contributed by atoms with Crippen molar-refractivity contribution in [3.8, 4) is 0 Å². The summed E-state index contributed by atoms with van der Waals surface area (Å²) in [5.74, 6) is -1.59. The molecule has 4 heteroatoms. The summed E-state index contributed by atoms with van der Waals surface area (Å²) in [6.45, 7) is 7.06. The van der Waals surface area contributed by atoms with Gasteiger partial charge in [-0.2, -0.15) is 0 Å². The molecule has 1 aliphatic rings. The minimum Gasteiger partial charge on any atom is -0.375 e. The fourth-order valence-corrected chi connectivity index (χ4v) is 3.14. The quantitative estimate of drug-likeness (QED) is 0.872. The lowest BCUT2D eigenvalue weighted by Gasteiger charge is -2.41. The molecule has 0 aromatic heterocycles. The Morgan fingerprint density at radius 2 is 2.00 bits per heavy atom. The molecule has 1 aromatic carbocycles. The Hall–Kier alpha value is -1.00. The molecule has 2 nitrogen and oxygen atoms in total. The molecule has 118 valence electrons. The molecule has 1 N–H and O–H groups in total. The maximum atomic E-state index is 13.3. The molecule has 2 rings (SSSR count). The molecule has 21 heavy (non-hydrogen) atoms. The predicted molar refractivity (Wildman–Crippen MR) is 80.2 cm³/mol. The molecular weight excluding hydrogens is 272 g/mol. The zero-order valence-corrected chi connectivity index (χ0v) is 13.1. The molecule has 0 bridgehead atoms. The zero-order chi connectivity index (χ0) is 15.5. The second-order valence-corrected chi connectivity index (χ2v) is 5.99. The number of hydrogen-bond acceptors (Lipinski definition) is 2. The first-order valence-corrected chi connectivity index (χ1v) is 7.84. The standard InChI is InChI=1S/C17H25F2NO/c1-4-17(5-2)11-14(8-9-21-17)20-12(3)13-6-7-15(18)16(19)10-13/h6-7,10,12,14,20H,4-5,8-9,11H2,1-3H3. The van der Waals surface area contributed by atoms with Crippen LogP contribution >= 0.6 is 0 Å². The smallest absolute Gasteiger partial charge is 0.159 e. The third-order valence-corrected chi connectivity index (χ3v) is 4.71. The third-order valence-electron chi connectivity index (χ3n) is 4.71. The summed E-state index contributed by atoms with van der Waals surface area (Å²) >= 11 is 0. The van der Waals surface area contributed by atoms with E-state index in [1.807, 2.05) is 6.92 Å². The Labute approximate surface area is 125 Å². The second kappa shape index (κ2) is 6.84. The Balaban J connectivity index is 2.01. The van der Waals surface area contributed by atoms with E-state index in [1.165, 1.54) is 12.1 Å². The van der Waals surface area contributed by atoms with E-state index in [0.29, 0.717) is 6.04 Å². The van der Waals surface area contributed by atoms with Gasteiger partial charge in [-0.25, -0.2) is 8.78 Å². The maximum Gasteiger partial charge on any atom is 0.159 e. The molecule has 1 heterocycles. The molecule has 0 spiro atoms. The highest BCUT2D eigenvalue weighted by Gasteiger charge is 2.34. The summed E-state index contributed by atoms with van der Waals surface area (Å²) < 4.78 is 32.3. The topological polar surface area (TPSA) is 21.3 Å². The summed E-state index contributed by atoms with van der Waals surface area (Å²) in [5.41, 5.74) is 0.739. The van der Waals surface area contributed by atoms with Crippen LogP contribution in [0.4, 0.5) is 8.78 Å². The van der Waals surface area contributed by atoms with Gasteiger partial charge >= 0.3 is 0 Å². The Kier molecular flexibility index (Phi) is 5.33. The lowest BCUT2D eigenvalue weighted by Crippen LogP contribution is -2.47. The van der Waals surface area contributed by atoms with Gasteiger partial charge in [-0.05, 0) is 50.3 Å². The lowest BCUT2D eigenvalue weighted by molar-refractivity contribution is -0.0939. The van der Waals surface area contributed by atoms with Gasteiger partial charge in [0.15, 0.2) is 11.6 Å². The normalized spacial score (nSPS) is 23.0. The van der Waals surface area contributed by atoms with Crippen molar-refractivity contribution in [2.45, 2.75) is 64.1 Å². The first kappa shape index (κ1) is 16.4. The van der Waals surface area contributed by atoms with Crippen LogP contribution in [0.25, 0.3) is 0 Å². The van der Waals surface area contributed by atoms with Gasteiger partial charge in [0.1, 0.15) is 0 Å². The van der Waals surface area contributed by atoms with Gasteiger partial charge in [0.2, 0.25) is 0 Å². The number of ether oxygens (including phenoxy) is 1. The fraction of sp³-hybridized carbons (Fsp3) is 0.647. The van der Waals surface area contributed by atoms with Crippen molar-refractivity contribution >= 4 is 0 Å². The van der Waals surface area contributed by atoms with Crippen LogP contribution in [0.1, 0.15) is 58.1 Å². The van der Waals surface area contributed by atoms with Crippen molar-refractivity contribution < 1.29 is 13.5 Å². The van der Waals surface area contributed by atoms with Crippen LogP contribution in [0.5, 0.6) is 0 Å². The highest BCUT2D eigenvalue weighted by Crippen LogP contribution is 2.32. The van der Waals surface area contributed by atoms with Gasteiger partial charge < -0.3 is 10.1 Å². The Bertz CT molecular complexity index is 474. The number of nitrogens with one attached hydrogen (secondary N) is 1. The van der Waals surface area contributed by atoms with Gasteiger partial charge in [0.05, 0.1) is 5.60 Å². The van der Waals surface area contributed by atoms with Crippen molar-refractivity contribution in [1.82, 2.24) is 5.32 Å². The van der Waals surface area contributed by atoms with E-state index in [1.54, 1.807) is 6.07 Å². The minimum absolute atomic E-state index is 0.00499. The summed E-state index contributed by atoms with van der Waals surface area (Å²) in [7, 11) is 0. The van der Waals surface area contributed by atoms with Crippen LogP contribution in [0.3, 0.4) is 0 Å². The van der Waals surface area contributed by atoms with Crippen LogP contribution in [0.2, 0.25) is 0 Å². The molecule has 1 saturated heterocycles. The van der Waals surface area contributed by atoms with E-state index in [2.05, 4.69) is 19.2 Å². The van der Waals surface area contributed by atoms with E-state index in [9.17, 15) is 8.78 Å². The monoisotopic (exact) mass is 297 g/mol. The van der Waals surface area contributed by atoms with Crippen LogP contribution in [0.15, 0.2) is 18.2 Å². The van der Waals surface area contributed by atoms with Gasteiger partial charge in [0, 0.05) is 18.7 Å². The van der Waals surface area contributed by atoms with Crippen molar-refractivity contribution in [2.75, 3.05) is 6.61 Å². The van der Waals surface area contributed by atoms with E-state index in [-0.39, 0.29) is 11.6 Å². The SMILES string of the molecule is CCC1(CC)CC(NC(C)c2ccc(F)c(F)c2)CCO1. The van der Waals surface area contributed by atoms with Gasteiger partial charge in [0.25, 0.3) is 0 Å². The zero-order valence-electron chi connectivity index (χ0n) is 13.1. The molecular formula is C17H25F2NO. The van der Waals surface area contributed by atoms with Crippen LogP contribution in [-0.4, -0.2) is 18.2 Å². The average molecular weight is 297 g/mol. The van der Waals surface area contributed by atoms with E-state index < -0.39 is 11.6 Å². The van der Waals surface area contributed by atoms with Crippen LogP contribution in [0, 0.1) is 11.6 Å². The minimum atomic E-state index is -0.798. The predicted octanol–water partition coefficient (Wildman–Crippen LogP) is 4.35.